The van der Waals surface area contributed by atoms with Gasteiger partial charge in [0.05, 0.1) is 11.2 Å². The molecule has 0 amide bonds. The van der Waals surface area contributed by atoms with Crippen LogP contribution >= 0.6 is 0 Å². The first kappa shape index (κ1) is 34.7. The molecule has 0 aliphatic rings. The van der Waals surface area contributed by atoms with Gasteiger partial charge < -0.3 is 4.42 Å². The molecule has 0 bridgehead atoms. The molecule has 3 heterocycles. The largest absolute Gasteiger partial charge is 0.456 e. The van der Waals surface area contributed by atoms with E-state index in [9.17, 15) is 0 Å². The molecule has 0 unspecified atom stereocenters. The third-order valence-corrected chi connectivity index (χ3v) is 11.7. The van der Waals surface area contributed by atoms with Crippen LogP contribution in [0.4, 0.5) is 0 Å². The minimum absolute atomic E-state index is 0.626. The zero-order chi connectivity index (χ0) is 40.3. The van der Waals surface area contributed by atoms with Crippen LogP contribution in [0.15, 0.2) is 211 Å². The summed E-state index contributed by atoms with van der Waals surface area (Å²) >= 11 is 0. The van der Waals surface area contributed by atoms with Gasteiger partial charge in [-0.25, -0.2) is 19.9 Å². The number of aromatic nitrogens is 4. The minimum atomic E-state index is 0.626. The second-order valence-electron chi connectivity index (χ2n) is 15.3. The molecule has 9 aromatic carbocycles. The highest BCUT2D eigenvalue weighted by atomic mass is 16.3. The third kappa shape index (κ3) is 5.94. The Bertz CT molecular complexity index is 3610. The van der Waals surface area contributed by atoms with Crippen LogP contribution < -0.4 is 0 Å². The molecule has 0 saturated carbocycles. The average Bonchev–Trinajstić information content (AvgIpc) is 3.71. The average molecular weight is 779 g/mol. The molecule has 0 atom stereocenters. The van der Waals surface area contributed by atoms with E-state index in [-0.39, 0.29) is 0 Å². The van der Waals surface area contributed by atoms with E-state index in [0.29, 0.717) is 17.5 Å². The summed E-state index contributed by atoms with van der Waals surface area (Å²) in [7, 11) is 0. The zero-order valence-corrected chi connectivity index (χ0v) is 32.8. The summed E-state index contributed by atoms with van der Waals surface area (Å²) in [6.07, 6.45) is 0. The number of hydrogen-bond acceptors (Lipinski definition) is 5. The molecule has 0 radical (unpaired) electrons. The lowest BCUT2D eigenvalue weighted by atomic mass is 9.89. The smallest absolute Gasteiger partial charge is 0.164 e. The molecule has 61 heavy (non-hydrogen) atoms. The van der Waals surface area contributed by atoms with Gasteiger partial charge in [-0.2, -0.15) is 0 Å². The molecule has 284 valence electrons. The van der Waals surface area contributed by atoms with Crippen LogP contribution in [-0.2, 0) is 0 Å². The Labute approximate surface area is 351 Å². The van der Waals surface area contributed by atoms with Crippen molar-refractivity contribution >= 4 is 54.4 Å². The molecule has 0 fully saturated rings. The molecule has 0 aliphatic carbocycles. The number of pyridine rings is 1. The normalized spacial score (nSPS) is 11.6. The highest BCUT2D eigenvalue weighted by molar-refractivity contribution is 6.27. The summed E-state index contributed by atoms with van der Waals surface area (Å²) in [5.41, 5.74) is 11.9. The molecule has 5 heteroatoms. The quantitative estimate of drug-likeness (QED) is 0.157. The number of benzene rings is 9. The standard InChI is InChI=1S/C56H34N4O/c1-3-15-38(16-4-1)50-51-44-21-9-11-24-47(44)57-53(46(51)34-49-52(50)45-22-10-12-25-48(45)61-49)39-30-26-35(27-31-39)36-28-32-41(33-29-36)55-58-54(40-17-5-2-6-18-40)59-56(60-55)43-23-13-19-37-14-7-8-20-42(37)43/h1-34H. The lowest BCUT2D eigenvalue weighted by molar-refractivity contribution is 0.669. The molecule has 0 aliphatic heterocycles. The number of furan rings is 1. The molecule has 5 nitrogen and oxygen atoms in total. The minimum Gasteiger partial charge on any atom is -0.456 e. The van der Waals surface area contributed by atoms with Gasteiger partial charge in [-0.1, -0.05) is 188 Å². The monoisotopic (exact) mass is 778 g/mol. The Balaban J connectivity index is 0.959. The number of nitrogens with zero attached hydrogens (tertiary/aromatic N) is 4. The van der Waals surface area contributed by atoms with Crippen LogP contribution in [0, 0.1) is 0 Å². The van der Waals surface area contributed by atoms with Crippen molar-refractivity contribution in [1.82, 2.24) is 19.9 Å². The number of hydrogen-bond donors (Lipinski definition) is 0. The number of rotatable bonds is 6. The molecule has 3 aromatic heterocycles. The second-order valence-corrected chi connectivity index (χ2v) is 15.3. The Morgan fingerprint density at radius 2 is 0.852 bits per heavy atom. The van der Waals surface area contributed by atoms with Crippen molar-refractivity contribution in [1.29, 1.82) is 0 Å². The van der Waals surface area contributed by atoms with E-state index in [1.807, 2.05) is 42.5 Å². The van der Waals surface area contributed by atoms with Crippen molar-refractivity contribution in [3.8, 4) is 67.7 Å². The fourth-order valence-corrected chi connectivity index (χ4v) is 8.82. The van der Waals surface area contributed by atoms with Crippen molar-refractivity contribution in [2.75, 3.05) is 0 Å². The van der Waals surface area contributed by atoms with Gasteiger partial charge in [-0.3, -0.25) is 0 Å². The van der Waals surface area contributed by atoms with E-state index >= 15 is 0 Å². The van der Waals surface area contributed by atoms with Crippen molar-refractivity contribution in [2.45, 2.75) is 0 Å². The summed E-state index contributed by atoms with van der Waals surface area (Å²) in [5, 5.41) is 7.80. The van der Waals surface area contributed by atoms with E-state index in [1.165, 1.54) is 5.39 Å². The predicted octanol–water partition coefficient (Wildman–Crippen LogP) is 14.6. The Hall–Kier alpha value is -8.28. The van der Waals surface area contributed by atoms with Crippen molar-refractivity contribution < 1.29 is 4.42 Å². The summed E-state index contributed by atoms with van der Waals surface area (Å²) in [6, 6.07) is 71.5. The lowest BCUT2D eigenvalue weighted by Gasteiger charge is -2.16. The lowest BCUT2D eigenvalue weighted by Crippen LogP contribution is -2.00. The highest BCUT2D eigenvalue weighted by Crippen LogP contribution is 2.46. The van der Waals surface area contributed by atoms with Gasteiger partial charge in [0.2, 0.25) is 0 Å². The van der Waals surface area contributed by atoms with Gasteiger partial charge in [-0.05, 0) is 45.7 Å². The number of fused-ring (bicyclic) bond motifs is 7. The van der Waals surface area contributed by atoms with Crippen molar-refractivity contribution in [3.63, 3.8) is 0 Å². The second kappa shape index (κ2) is 14.2. The van der Waals surface area contributed by atoms with E-state index in [1.54, 1.807) is 0 Å². The van der Waals surface area contributed by atoms with Gasteiger partial charge in [0, 0.05) is 54.7 Å². The zero-order valence-electron chi connectivity index (χ0n) is 32.8. The Morgan fingerprint density at radius 3 is 1.59 bits per heavy atom. The fourth-order valence-electron chi connectivity index (χ4n) is 8.82. The Morgan fingerprint density at radius 1 is 0.311 bits per heavy atom. The molecule has 0 saturated heterocycles. The van der Waals surface area contributed by atoms with E-state index < -0.39 is 0 Å². The number of para-hydroxylation sites is 2. The maximum Gasteiger partial charge on any atom is 0.164 e. The maximum absolute atomic E-state index is 6.58. The van der Waals surface area contributed by atoms with Crippen LogP contribution in [0.25, 0.3) is 122 Å². The van der Waals surface area contributed by atoms with Crippen LogP contribution in [-0.4, -0.2) is 19.9 Å². The van der Waals surface area contributed by atoms with Crippen LogP contribution in [0.5, 0.6) is 0 Å². The van der Waals surface area contributed by atoms with Crippen molar-refractivity contribution in [2.24, 2.45) is 0 Å². The van der Waals surface area contributed by atoms with E-state index in [2.05, 4.69) is 164 Å². The molecule has 0 spiro atoms. The first-order valence-electron chi connectivity index (χ1n) is 20.5. The first-order valence-corrected chi connectivity index (χ1v) is 20.5. The van der Waals surface area contributed by atoms with Gasteiger partial charge in [0.25, 0.3) is 0 Å². The summed E-state index contributed by atoms with van der Waals surface area (Å²) < 4.78 is 6.58. The van der Waals surface area contributed by atoms with Gasteiger partial charge in [-0.15, -0.1) is 0 Å². The van der Waals surface area contributed by atoms with E-state index in [4.69, 9.17) is 24.4 Å². The summed E-state index contributed by atoms with van der Waals surface area (Å²) in [6.45, 7) is 0. The topological polar surface area (TPSA) is 64.7 Å². The summed E-state index contributed by atoms with van der Waals surface area (Å²) in [4.78, 5) is 20.4. The molecular weight excluding hydrogens is 745 g/mol. The Kier molecular flexibility index (Phi) is 8.10. The maximum atomic E-state index is 6.58. The third-order valence-electron chi connectivity index (χ3n) is 11.7. The van der Waals surface area contributed by atoms with Gasteiger partial charge in [0.1, 0.15) is 11.2 Å². The first-order chi connectivity index (χ1) is 30.2. The molecule has 0 N–H and O–H groups in total. The van der Waals surface area contributed by atoms with E-state index in [0.717, 1.165) is 99.2 Å². The predicted molar refractivity (Wildman–Crippen MR) is 250 cm³/mol. The SMILES string of the molecule is c1ccc(-c2nc(-c3ccc(-c4ccc(-c5nc6ccccc6c6c(-c7ccccc7)c7c(cc56)oc5ccccc57)cc4)cc3)nc(-c3cccc4ccccc34)n2)cc1. The fraction of sp³-hybridized carbons (Fsp3) is 0. The van der Waals surface area contributed by atoms with Crippen molar-refractivity contribution in [3.05, 3.63) is 206 Å². The van der Waals surface area contributed by atoms with Crippen LogP contribution in [0.1, 0.15) is 0 Å². The molecule has 12 aromatic rings. The summed E-state index contributed by atoms with van der Waals surface area (Å²) in [5.74, 6) is 1.91. The van der Waals surface area contributed by atoms with Crippen LogP contribution in [0.2, 0.25) is 0 Å². The highest BCUT2D eigenvalue weighted by Gasteiger charge is 2.22. The van der Waals surface area contributed by atoms with Gasteiger partial charge in [0.15, 0.2) is 17.5 Å². The molecule has 12 rings (SSSR count). The van der Waals surface area contributed by atoms with Crippen LogP contribution in [0.3, 0.4) is 0 Å². The van der Waals surface area contributed by atoms with Gasteiger partial charge >= 0.3 is 0 Å². The molecular formula is C56H34N4O.